The highest BCUT2D eigenvalue weighted by Gasteiger charge is 2.47. The van der Waals surface area contributed by atoms with Crippen LogP contribution in [0, 0.1) is 0 Å². The van der Waals surface area contributed by atoms with Gasteiger partial charge in [0.05, 0.1) is 12.2 Å². The van der Waals surface area contributed by atoms with Crippen LogP contribution in [0.5, 0.6) is 0 Å². The van der Waals surface area contributed by atoms with E-state index < -0.39 is 48.9 Å². The maximum atomic E-state index is 11.9. The maximum absolute atomic E-state index is 11.9. The van der Waals surface area contributed by atoms with E-state index in [9.17, 15) is 24.8 Å². The fraction of sp³-hybridized carbons (Fsp3) is 1.00. The molecule has 1 aliphatic heterocycles. The number of ether oxygens (including phenoxy) is 1. The number of rotatable bonds is 4. The molecule has 0 amide bonds. The minimum absolute atomic E-state index is 0.317. The van der Waals surface area contributed by atoms with Crippen LogP contribution in [0.15, 0.2) is 0 Å². The van der Waals surface area contributed by atoms with Gasteiger partial charge in [-0.2, -0.15) is 0 Å². The first-order valence-electron chi connectivity index (χ1n) is 5.99. The topological polar surface area (TPSA) is 137 Å². The third-order valence-corrected chi connectivity index (χ3v) is 5.76. The molecule has 1 rings (SSSR count). The van der Waals surface area contributed by atoms with Crippen molar-refractivity contribution < 1.29 is 39.1 Å². The van der Waals surface area contributed by atoms with Crippen molar-refractivity contribution in [3.8, 4) is 0 Å². The molecule has 1 saturated heterocycles. The average molecular weight is 332 g/mol. The first kappa shape index (κ1) is 18.3. The Kier molecular flexibility index (Phi) is 6.05. The van der Waals surface area contributed by atoms with E-state index in [1.54, 1.807) is 20.8 Å². The van der Waals surface area contributed by atoms with Crippen LogP contribution in [0.3, 0.4) is 0 Å². The maximum Gasteiger partial charge on any atom is 0.389 e. The Labute approximate surface area is 121 Å². The Morgan fingerprint density at radius 2 is 1.75 bits per heavy atom. The van der Waals surface area contributed by atoms with Crippen LogP contribution in [0.4, 0.5) is 0 Å². The van der Waals surface area contributed by atoms with Gasteiger partial charge in [-0.25, -0.2) is 4.57 Å². The summed E-state index contributed by atoms with van der Waals surface area (Å²) < 4.78 is 22.0. The Bertz CT molecular complexity index is 371. The lowest BCUT2D eigenvalue weighted by molar-refractivity contribution is -0.205. The zero-order valence-corrected chi connectivity index (χ0v) is 13.1. The summed E-state index contributed by atoms with van der Waals surface area (Å²) in [5, 5.41) is 38.0. The fourth-order valence-electron chi connectivity index (χ4n) is 1.65. The van der Waals surface area contributed by atoms with E-state index in [0.29, 0.717) is 11.4 Å². The Morgan fingerprint density at radius 1 is 1.20 bits per heavy atom. The minimum atomic E-state index is -4.15. The molecule has 10 heteroatoms. The molecular weight excluding hydrogens is 311 g/mol. The highest BCUT2D eigenvalue weighted by molar-refractivity contribution is 8.55. The second kappa shape index (κ2) is 6.60. The summed E-state index contributed by atoms with van der Waals surface area (Å²) in [5.41, 5.74) is -2.19. The molecule has 0 aromatic heterocycles. The lowest BCUT2D eigenvalue weighted by Gasteiger charge is -2.40. The molecule has 0 radical (unpaired) electrons. The van der Waals surface area contributed by atoms with E-state index in [1.165, 1.54) is 0 Å². The van der Waals surface area contributed by atoms with E-state index in [2.05, 4.69) is 0 Å². The molecule has 6 atom stereocenters. The smallest absolute Gasteiger partial charge is 0.389 e. The van der Waals surface area contributed by atoms with Gasteiger partial charge in [0.1, 0.15) is 29.9 Å². The van der Waals surface area contributed by atoms with E-state index in [1.807, 2.05) is 0 Å². The van der Waals surface area contributed by atoms with Crippen molar-refractivity contribution in [3.63, 3.8) is 0 Å². The van der Waals surface area contributed by atoms with Crippen LogP contribution in [0.1, 0.15) is 20.8 Å². The van der Waals surface area contributed by atoms with Crippen molar-refractivity contribution in [2.24, 2.45) is 0 Å². The lowest BCUT2D eigenvalue weighted by Crippen LogP contribution is -2.57. The summed E-state index contributed by atoms with van der Waals surface area (Å²) in [6.07, 6.45) is -5.80. The zero-order valence-electron chi connectivity index (χ0n) is 11.4. The van der Waals surface area contributed by atoms with Crippen LogP contribution in [0.2, 0.25) is 0 Å². The van der Waals surface area contributed by atoms with Gasteiger partial charge in [-0.3, -0.25) is 4.52 Å². The SMILES string of the molecule is CC(C)(C)OP(=O)(O)S[C@@H]1O[C@H](CO)[C@@H](O)[C@H](O)[C@H]1O. The van der Waals surface area contributed by atoms with E-state index >= 15 is 0 Å². The Morgan fingerprint density at radius 3 is 2.20 bits per heavy atom. The first-order chi connectivity index (χ1) is 8.97. The molecule has 0 aromatic rings. The van der Waals surface area contributed by atoms with Gasteiger partial charge in [0, 0.05) is 0 Å². The standard InChI is InChI=1S/C10H21O8PS/c1-10(2,3)18-19(15,16)20-9-8(14)7(13)6(12)5(4-11)17-9/h5-9,11-14H,4H2,1-3H3,(H,15,16)/t5-,6-,7+,8-,9+/m1/s1. The molecule has 8 nitrogen and oxygen atoms in total. The fourth-order valence-corrected chi connectivity index (χ4v) is 5.24. The second-order valence-corrected chi connectivity index (χ2v) is 9.29. The number of hydrogen-bond acceptors (Lipinski definition) is 8. The molecule has 120 valence electrons. The normalized spacial score (nSPS) is 38.5. The third kappa shape index (κ3) is 4.94. The summed E-state index contributed by atoms with van der Waals surface area (Å²) in [7, 11) is 0. The van der Waals surface area contributed by atoms with Crippen LogP contribution < -0.4 is 0 Å². The summed E-state index contributed by atoms with van der Waals surface area (Å²) in [6, 6.07) is 0. The molecule has 0 saturated carbocycles. The monoisotopic (exact) mass is 332 g/mol. The number of aliphatic hydroxyl groups excluding tert-OH is 4. The van der Waals surface area contributed by atoms with Crippen molar-refractivity contribution >= 4 is 18.2 Å². The Balaban J connectivity index is 2.78. The molecule has 5 N–H and O–H groups in total. The van der Waals surface area contributed by atoms with Crippen molar-refractivity contribution in [2.45, 2.75) is 56.2 Å². The molecule has 0 aliphatic carbocycles. The summed E-state index contributed by atoms with van der Waals surface area (Å²) >= 11 is 0.317. The van der Waals surface area contributed by atoms with Gasteiger partial charge in [-0.1, -0.05) is 0 Å². The zero-order chi connectivity index (χ0) is 15.7. The largest absolute Gasteiger partial charge is 0.394 e. The van der Waals surface area contributed by atoms with Gasteiger partial charge in [0.25, 0.3) is 0 Å². The van der Waals surface area contributed by atoms with Gasteiger partial charge in [-0.05, 0) is 32.2 Å². The van der Waals surface area contributed by atoms with E-state index in [-0.39, 0.29) is 0 Å². The summed E-state index contributed by atoms with van der Waals surface area (Å²) in [4.78, 5) is 9.73. The molecule has 1 unspecified atom stereocenters. The highest BCUT2D eigenvalue weighted by atomic mass is 32.7. The van der Waals surface area contributed by atoms with Crippen LogP contribution in [-0.2, 0) is 13.8 Å². The summed E-state index contributed by atoms with van der Waals surface area (Å²) in [5.74, 6) is 0. The van der Waals surface area contributed by atoms with E-state index in [0.717, 1.165) is 0 Å². The second-order valence-electron chi connectivity index (χ2n) is 5.47. The molecule has 0 aromatic carbocycles. The van der Waals surface area contributed by atoms with Gasteiger partial charge < -0.3 is 30.1 Å². The first-order valence-corrected chi connectivity index (χ1v) is 9.05. The van der Waals surface area contributed by atoms with Crippen molar-refractivity contribution in [3.05, 3.63) is 0 Å². The quantitative estimate of drug-likeness (QED) is 0.429. The van der Waals surface area contributed by atoms with Gasteiger partial charge in [0.15, 0.2) is 0 Å². The van der Waals surface area contributed by atoms with Crippen LogP contribution in [0.25, 0.3) is 0 Å². The van der Waals surface area contributed by atoms with Gasteiger partial charge in [-0.15, -0.1) is 0 Å². The van der Waals surface area contributed by atoms with E-state index in [4.69, 9.17) is 14.4 Å². The molecule has 1 fully saturated rings. The average Bonchev–Trinajstić information content (AvgIpc) is 2.26. The van der Waals surface area contributed by atoms with Crippen molar-refractivity contribution in [1.82, 2.24) is 0 Å². The Hall–Kier alpha value is 0.300. The highest BCUT2D eigenvalue weighted by Crippen LogP contribution is 2.61. The molecule has 0 spiro atoms. The van der Waals surface area contributed by atoms with Crippen molar-refractivity contribution in [2.75, 3.05) is 6.61 Å². The molecule has 20 heavy (non-hydrogen) atoms. The molecule has 1 aliphatic rings. The van der Waals surface area contributed by atoms with Gasteiger partial charge in [0.2, 0.25) is 0 Å². The predicted molar refractivity (Wildman–Crippen MR) is 72.0 cm³/mol. The third-order valence-electron chi connectivity index (χ3n) is 2.47. The van der Waals surface area contributed by atoms with Crippen LogP contribution in [-0.4, -0.2) is 67.4 Å². The number of hydrogen-bond donors (Lipinski definition) is 5. The lowest BCUT2D eigenvalue weighted by atomic mass is 10.0. The van der Waals surface area contributed by atoms with Crippen LogP contribution >= 0.6 is 18.2 Å². The molecule has 1 heterocycles. The van der Waals surface area contributed by atoms with Gasteiger partial charge >= 0.3 is 6.80 Å². The summed E-state index contributed by atoms with van der Waals surface area (Å²) in [6.45, 7) is 0.0159. The predicted octanol–water partition coefficient (Wildman–Crippen LogP) is -0.565. The number of aliphatic hydroxyl groups is 4. The van der Waals surface area contributed by atoms with Crippen molar-refractivity contribution in [1.29, 1.82) is 0 Å². The molecular formula is C10H21O8PS. The molecule has 0 bridgehead atoms. The minimum Gasteiger partial charge on any atom is -0.394 e.